The van der Waals surface area contributed by atoms with Crippen LogP contribution >= 0.6 is 0 Å². The second-order valence-electron chi connectivity index (χ2n) is 4.79. The molecular formula is C14H23N3O3. The minimum Gasteiger partial charge on any atom is -0.383 e. The van der Waals surface area contributed by atoms with E-state index in [0.29, 0.717) is 6.54 Å². The number of benzene rings is 1. The van der Waals surface area contributed by atoms with Crippen molar-refractivity contribution in [3.63, 3.8) is 0 Å². The molecule has 0 spiro atoms. The Labute approximate surface area is 119 Å². The van der Waals surface area contributed by atoms with Gasteiger partial charge in [0, 0.05) is 44.9 Å². The van der Waals surface area contributed by atoms with E-state index in [1.54, 1.807) is 20.1 Å². The van der Waals surface area contributed by atoms with Crippen LogP contribution in [-0.2, 0) is 11.3 Å². The molecule has 0 aliphatic rings. The van der Waals surface area contributed by atoms with Crippen LogP contribution < -0.4 is 5.32 Å². The molecule has 0 radical (unpaired) electrons. The van der Waals surface area contributed by atoms with Crippen molar-refractivity contribution >= 4 is 5.69 Å². The molecule has 0 atom stereocenters. The Morgan fingerprint density at radius 3 is 2.80 bits per heavy atom. The molecule has 20 heavy (non-hydrogen) atoms. The molecule has 1 rings (SSSR count). The molecule has 0 aliphatic carbocycles. The molecule has 0 saturated heterocycles. The van der Waals surface area contributed by atoms with Crippen LogP contribution in [0.5, 0.6) is 0 Å². The number of hydrogen-bond donors (Lipinski definition) is 1. The van der Waals surface area contributed by atoms with Gasteiger partial charge in [0.2, 0.25) is 0 Å². The molecule has 0 fully saturated rings. The van der Waals surface area contributed by atoms with Gasteiger partial charge in [0.1, 0.15) is 0 Å². The molecule has 0 saturated carbocycles. The minimum absolute atomic E-state index is 0.182. The van der Waals surface area contributed by atoms with E-state index in [4.69, 9.17) is 4.74 Å². The van der Waals surface area contributed by atoms with Gasteiger partial charge in [-0.05, 0) is 19.5 Å². The summed E-state index contributed by atoms with van der Waals surface area (Å²) in [7, 11) is 3.73. The van der Waals surface area contributed by atoms with Crippen LogP contribution in [0.1, 0.15) is 11.1 Å². The van der Waals surface area contributed by atoms with Gasteiger partial charge in [-0.1, -0.05) is 12.1 Å². The predicted molar refractivity (Wildman–Crippen MR) is 78.9 cm³/mol. The Bertz CT molecular complexity index is 438. The average Bonchev–Trinajstić information content (AvgIpc) is 2.42. The van der Waals surface area contributed by atoms with Gasteiger partial charge in [-0.2, -0.15) is 0 Å². The summed E-state index contributed by atoms with van der Waals surface area (Å²) in [5.41, 5.74) is 1.89. The molecule has 0 aromatic heterocycles. The maximum atomic E-state index is 10.9. The smallest absolute Gasteiger partial charge is 0.272 e. The van der Waals surface area contributed by atoms with Gasteiger partial charge in [0.25, 0.3) is 5.69 Å². The number of methoxy groups -OCH3 is 1. The lowest BCUT2D eigenvalue weighted by Gasteiger charge is -2.16. The fraction of sp³-hybridized carbons (Fsp3) is 0.571. The molecule has 1 N–H and O–H groups in total. The van der Waals surface area contributed by atoms with Crippen LogP contribution in [0, 0.1) is 17.0 Å². The molecule has 0 aliphatic heterocycles. The second kappa shape index (κ2) is 8.63. The highest BCUT2D eigenvalue weighted by Gasteiger charge is 2.12. The van der Waals surface area contributed by atoms with Crippen LogP contribution in [0.3, 0.4) is 0 Å². The lowest BCUT2D eigenvalue weighted by Crippen LogP contribution is -2.31. The van der Waals surface area contributed by atoms with Crippen molar-refractivity contribution in [2.24, 2.45) is 0 Å². The van der Waals surface area contributed by atoms with Crippen molar-refractivity contribution in [2.75, 3.05) is 40.4 Å². The summed E-state index contributed by atoms with van der Waals surface area (Å²) in [6, 6.07) is 5.19. The number of likely N-dealkylation sites (N-methyl/N-ethyl adjacent to an activating group) is 1. The maximum Gasteiger partial charge on any atom is 0.272 e. The number of nitrogens with one attached hydrogen (secondary N) is 1. The topological polar surface area (TPSA) is 67.6 Å². The summed E-state index contributed by atoms with van der Waals surface area (Å²) >= 11 is 0. The monoisotopic (exact) mass is 281 g/mol. The van der Waals surface area contributed by atoms with Crippen LogP contribution in [0.25, 0.3) is 0 Å². The molecular weight excluding hydrogens is 258 g/mol. The quantitative estimate of drug-likeness (QED) is 0.423. The number of hydrogen-bond acceptors (Lipinski definition) is 5. The van der Waals surface area contributed by atoms with Crippen molar-refractivity contribution < 1.29 is 9.66 Å². The number of nitro groups is 1. The highest BCUT2D eigenvalue weighted by atomic mass is 16.6. The highest BCUT2D eigenvalue weighted by molar-refractivity contribution is 5.44. The fourth-order valence-corrected chi connectivity index (χ4v) is 1.91. The first-order chi connectivity index (χ1) is 9.56. The maximum absolute atomic E-state index is 10.9. The van der Waals surface area contributed by atoms with Gasteiger partial charge in [-0.3, -0.25) is 10.1 Å². The largest absolute Gasteiger partial charge is 0.383 e. The van der Waals surface area contributed by atoms with E-state index in [1.165, 1.54) is 6.07 Å². The SMILES string of the molecule is COCCN(C)CCNCc1cccc([N+](=O)[O-])c1C. The van der Waals surface area contributed by atoms with E-state index in [0.717, 1.165) is 37.4 Å². The van der Waals surface area contributed by atoms with Crippen LogP contribution in [0.2, 0.25) is 0 Å². The van der Waals surface area contributed by atoms with Crippen molar-refractivity contribution in [3.05, 3.63) is 39.4 Å². The first-order valence-electron chi connectivity index (χ1n) is 6.67. The van der Waals surface area contributed by atoms with Crippen LogP contribution in [0.15, 0.2) is 18.2 Å². The fourth-order valence-electron chi connectivity index (χ4n) is 1.91. The molecule has 0 bridgehead atoms. The summed E-state index contributed by atoms with van der Waals surface area (Å²) in [5.74, 6) is 0. The molecule has 0 unspecified atom stereocenters. The molecule has 0 amide bonds. The normalized spacial score (nSPS) is 11.0. The zero-order valence-corrected chi connectivity index (χ0v) is 12.4. The van der Waals surface area contributed by atoms with E-state index < -0.39 is 0 Å². The molecule has 6 heteroatoms. The Balaban J connectivity index is 2.39. The summed E-state index contributed by atoms with van der Waals surface area (Å²) in [6.45, 7) is 5.81. The third-order valence-corrected chi connectivity index (χ3v) is 3.28. The third-order valence-electron chi connectivity index (χ3n) is 3.28. The van der Waals surface area contributed by atoms with E-state index in [-0.39, 0.29) is 10.6 Å². The summed E-state index contributed by atoms with van der Waals surface area (Å²) in [4.78, 5) is 12.7. The van der Waals surface area contributed by atoms with Gasteiger partial charge in [-0.15, -0.1) is 0 Å². The number of nitrogens with zero attached hydrogens (tertiary/aromatic N) is 2. The molecule has 0 heterocycles. The van der Waals surface area contributed by atoms with Gasteiger partial charge in [-0.25, -0.2) is 0 Å². The zero-order chi connectivity index (χ0) is 15.0. The highest BCUT2D eigenvalue weighted by Crippen LogP contribution is 2.20. The van der Waals surface area contributed by atoms with Crippen LogP contribution in [-0.4, -0.2) is 50.2 Å². The third kappa shape index (κ3) is 5.24. The summed E-state index contributed by atoms with van der Waals surface area (Å²) in [6.07, 6.45) is 0. The first kappa shape index (κ1) is 16.6. The van der Waals surface area contributed by atoms with Gasteiger partial charge >= 0.3 is 0 Å². The average molecular weight is 281 g/mol. The van der Waals surface area contributed by atoms with Crippen molar-refractivity contribution in [1.82, 2.24) is 10.2 Å². The van der Waals surface area contributed by atoms with E-state index >= 15 is 0 Å². The Morgan fingerprint density at radius 1 is 1.40 bits per heavy atom. The number of ether oxygens (including phenoxy) is 1. The Morgan fingerprint density at radius 2 is 2.15 bits per heavy atom. The Hall–Kier alpha value is -1.50. The number of rotatable bonds is 9. The van der Waals surface area contributed by atoms with E-state index in [1.807, 2.05) is 13.1 Å². The van der Waals surface area contributed by atoms with Crippen LogP contribution in [0.4, 0.5) is 5.69 Å². The van der Waals surface area contributed by atoms with Crippen molar-refractivity contribution in [3.8, 4) is 0 Å². The zero-order valence-electron chi connectivity index (χ0n) is 12.4. The predicted octanol–water partition coefficient (Wildman–Crippen LogP) is 1.57. The molecule has 112 valence electrons. The molecule has 6 nitrogen and oxygen atoms in total. The second-order valence-corrected chi connectivity index (χ2v) is 4.79. The van der Waals surface area contributed by atoms with E-state index in [9.17, 15) is 10.1 Å². The molecule has 1 aromatic carbocycles. The lowest BCUT2D eigenvalue weighted by atomic mass is 10.1. The van der Waals surface area contributed by atoms with Gasteiger partial charge < -0.3 is 15.0 Å². The minimum atomic E-state index is -0.336. The van der Waals surface area contributed by atoms with Crippen molar-refractivity contribution in [2.45, 2.75) is 13.5 Å². The number of nitro benzene ring substituents is 1. The summed E-state index contributed by atoms with van der Waals surface area (Å²) in [5, 5.41) is 14.2. The summed E-state index contributed by atoms with van der Waals surface area (Å²) < 4.78 is 5.01. The lowest BCUT2D eigenvalue weighted by molar-refractivity contribution is -0.385. The van der Waals surface area contributed by atoms with Crippen molar-refractivity contribution in [1.29, 1.82) is 0 Å². The Kier molecular flexibility index (Phi) is 7.14. The molecule has 1 aromatic rings. The van der Waals surface area contributed by atoms with Gasteiger partial charge in [0.05, 0.1) is 11.5 Å². The van der Waals surface area contributed by atoms with E-state index in [2.05, 4.69) is 10.2 Å². The first-order valence-corrected chi connectivity index (χ1v) is 6.67. The van der Waals surface area contributed by atoms with Gasteiger partial charge in [0.15, 0.2) is 0 Å². The standard InChI is InChI=1S/C14H23N3O3/c1-12-13(5-4-6-14(12)17(18)19)11-15-7-8-16(2)9-10-20-3/h4-6,15H,7-11H2,1-3H3.